The van der Waals surface area contributed by atoms with Crippen molar-refractivity contribution in [1.29, 1.82) is 0 Å². The zero-order valence-electron chi connectivity index (χ0n) is 13.4. The first-order valence-electron chi connectivity index (χ1n) is 8.03. The minimum absolute atomic E-state index is 0.0594. The molecule has 0 saturated carbocycles. The monoisotopic (exact) mass is 323 g/mol. The van der Waals surface area contributed by atoms with Crippen LogP contribution in [-0.4, -0.2) is 43.3 Å². The van der Waals surface area contributed by atoms with Crippen LogP contribution in [-0.2, 0) is 27.5 Å². The molecule has 1 fully saturated rings. The maximum atomic E-state index is 12.4. The maximum Gasteiger partial charge on any atom is 0.223 e. The molecule has 1 atom stereocenters. The summed E-state index contributed by atoms with van der Waals surface area (Å²) in [5.41, 5.74) is 2.45. The van der Waals surface area contributed by atoms with Crippen LogP contribution < -0.4 is 0 Å². The van der Waals surface area contributed by atoms with Crippen molar-refractivity contribution in [2.24, 2.45) is 0 Å². The van der Waals surface area contributed by atoms with Crippen molar-refractivity contribution in [2.45, 2.75) is 45.6 Å². The fraction of sp³-hybridized carbons (Fsp3) is 0.588. The third-order valence-corrected chi connectivity index (χ3v) is 6.12. The highest BCUT2D eigenvalue weighted by Crippen LogP contribution is 2.19. The van der Waals surface area contributed by atoms with Crippen molar-refractivity contribution >= 4 is 15.7 Å². The van der Waals surface area contributed by atoms with Gasteiger partial charge in [-0.3, -0.25) is 4.79 Å². The Morgan fingerprint density at radius 1 is 1.18 bits per heavy atom. The van der Waals surface area contributed by atoms with E-state index in [-0.39, 0.29) is 23.5 Å². The number of hydrogen-bond acceptors (Lipinski definition) is 3. The number of aryl methyl sites for hydroxylation is 2. The van der Waals surface area contributed by atoms with E-state index < -0.39 is 9.84 Å². The molecule has 1 saturated heterocycles. The summed E-state index contributed by atoms with van der Waals surface area (Å²) >= 11 is 0. The molecular formula is C17H25NO3S. The van der Waals surface area contributed by atoms with Crippen LogP contribution in [0.4, 0.5) is 0 Å². The molecule has 0 N–H and O–H groups in total. The van der Waals surface area contributed by atoms with Crippen LogP contribution in [0.5, 0.6) is 0 Å². The van der Waals surface area contributed by atoms with Crippen LogP contribution in [0.1, 0.15) is 37.8 Å². The molecule has 22 heavy (non-hydrogen) atoms. The Balaban J connectivity index is 1.92. The maximum absolute atomic E-state index is 12.4. The highest BCUT2D eigenvalue weighted by Gasteiger charge is 2.33. The van der Waals surface area contributed by atoms with Gasteiger partial charge in [-0.1, -0.05) is 31.2 Å². The van der Waals surface area contributed by atoms with E-state index in [9.17, 15) is 13.2 Å². The van der Waals surface area contributed by atoms with Gasteiger partial charge in [0.1, 0.15) is 0 Å². The summed E-state index contributed by atoms with van der Waals surface area (Å²) < 4.78 is 23.2. The topological polar surface area (TPSA) is 54.5 Å². The minimum Gasteiger partial charge on any atom is -0.339 e. The molecule has 0 aromatic heterocycles. The van der Waals surface area contributed by atoms with E-state index in [0.717, 1.165) is 12.0 Å². The van der Waals surface area contributed by atoms with Crippen molar-refractivity contribution < 1.29 is 13.2 Å². The van der Waals surface area contributed by atoms with E-state index in [2.05, 4.69) is 31.2 Å². The van der Waals surface area contributed by atoms with Crippen LogP contribution in [0.2, 0.25) is 0 Å². The summed E-state index contributed by atoms with van der Waals surface area (Å²) in [6.07, 6.45) is 2.74. The van der Waals surface area contributed by atoms with E-state index in [4.69, 9.17) is 0 Å². The summed E-state index contributed by atoms with van der Waals surface area (Å²) in [7, 11) is -2.95. The van der Waals surface area contributed by atoms with Crippen LogP contribution in [0.3, 0.4) is 0 Å². The van der Waals surface area contributed by atoms with Gasteiger partial charge in [0.2, 0.25) is 5.91 Å². The van der Waals surface area contributed by atoms with Crippen LogP contribution in [0, 0.1) is 0 Å². The molecule has 4 nitrogen and oxygen atoms in total. The molecule has 1 aromatic carbocycles. The lowest BCUT2D eigenvalue weighted by atomic mass is 10.1. The van der Waals surface area contributed by atoms with Crippen molar-refractivity contribution in [1.82, 2.24) is 4.90 Å². The molecule has 5 heteroatoms. The third kappa shape index (κ3) is 4.32. The summed E-state index contributed by atoms with van der Waals surface area (Å²) in [6, 6.07) is 8.21. The normalized spacial score (nSPS) is 20.0. The Bertz CT molecular complexity index is 607. The summed E-state index contributed by atoms with van der Waals surface area (Å²) in [4.78, 5) is 14.1. The molecule has 1 aromatic rings. The fourth-order valence-corrected chi connectivity index (χ4v) is 4.73. The average molecular weight is 323 g/mol. The first kappa shape index (κ1) is 17.0. The summed E-state index contributed by atoms with van der Waals surface area (Å²) in [5.74, 6) is 0.390. The van der Waals surface area contributed by atoms with Crippen LogP contribution in [0.25, 0.3) is 0 Å². The molecule has 0 spiro atoms. The molecular weight excluding hydrogens is 298 g/mol. The second kappa shape index (κ2) is 7.27. The SMILES string of the molecule is CCc1ccc(CCC(=O)N(CC)C2CCS(=O)(=O)C2)cc1. The van der Waals surface area contributed by atoms with Gasteiger partial charge in [-0.15, -0.1) is 0 Å². The van der Waals surface area contributed by atoms with Crippen LogP contribution >= 0.6 is 0 Å². The highest BCUT2D eigenvalue weighted by molar-refractivity contribution is 7.91. The number of benzene rings is 1. The summed E-state index contributed by atoms with van der Waals surface area (Å²) in [5, 5.41) is 0. The molecule has 0 bridgehead atoms. The number of carbonyl (C=O) groups is 1. The zero-order chi connectivity index (χ0) is 16.2. The molecule has 1 amide bonds. The number of nitrogens with zero attached hydrogens (tertiary/aromatic N) is 1. The van der Waals surface area contributed by atoms with Gasteiger partial charge in [-0.05, 0) is 37.3 Å². The van der Waals surface area contributed by atoms with Crippen molar-refractivity contribution in [3.05, 3.63) is 35.4 Å². The predicted molar refractivity (Wildman–Crippen MR) is 88.6 cm³/mol. The predicted octanol–water partition coefficient (Wildman–Crippen LogP) is 2.22. The standard InChI is InChI=1S/C17H25NO3S/c1-3-14-5-7-15(8-6-14)9-10-17(19)18(4-2)16-11-12-22(20,21)13-16/h5-8,16H,3-4,9-13H2,1-2H3. The van der Waals surface area contributed by atoms with Gasteiger partial charge >= 0.3 is 0 Å². The Kier molecular flexibility index (Phi) is 5.62. The molecule has 1 aliphatic heterocycles. The van der Waals surface area contributed by atoms with E-state index in [0.29, 0.717) is 25.8 Å². The largest absolute Gasteiger partial charge is 0.339 e. The van der Waals surface area contributed by atoms with Crippen molar-refractivity contribution in [2.75, 3.05) is 18.1 Å². The molecule has 0 radical (unpaired) electrons. The smallest absolute Gasteiger partial charge is 0.223 e. The molecule has 122 valence electrons. The van der Waals surface area contributed by atoms with Gasteiger partial charge in [-0.2, -0.15) is 0 Å². The van der Waals surface area contributed by atoms with E-state index in [1.54, 1.807) is 4.90 Å². The van der Waals surface area contributed by atoms with Crippen LogP contribution in [0.15, 0.2) is 24.3 Å². The van der Waals surface area contributed by atoms with Crippen molar-refractivity contribution in [3.63, 3.8) is 0 Å². The van der Waals surface area contributed by atoms with E-state index in [1.165, 1.54) is 5.56 Å². The zero-order valence-corrected chi connectivity index (χ0v) is 14.2. The Hall–Kier alpha value is -1.36. The molecule has 0 aliphatic carbocycles. The quantitative estimate of drug-likeness (QED) is 0.806. The first-order valence-corrected chi connectivity index (χ1v) is 9.85. The molecule has 1 unspecified atom stereocenters. The van der Waals surface area contributed by atoms with Gasteiger partial charge < -0.3 is 4.90 Å². The third-order valence-electron chi connectivity index (χ3n) is 4.37. The number of rotatable bonds is 6. The van der Waals surface area contributed by atoms with Gasteiger partial charge in [0.05, 0.1) is 11.5 Å². The average Bonchev–Trinajstić information content (AvgIpc) is 2.86. The van der Waals surface area contributed by atoms with Gasteiger partial charge in [0.15, 0.2) is 9.84 Å². The fourth-order valence-electron chi connectivity index (χ4n) is 3.00. The lowest BCUT2D eigenvalue weighted by molar-refractivity contribution is -0.132. The minimum atomic E-state index is -2.95. The summed E-state index contributed by atoms with van der Waals surface area (Å²) in [6.45, 7) is 4.61. The highest BCUT2D eigenvalue weighted by atomic mass is 32.2. The lowest BCUT2D eigenvalue weighted by Crippen LogP contribution is -2.41. The Morgan fingerprint density at radius 2 is 1.82 bits per heavy atom. The van der Waals surface area contributed by atoms with Gasteiger partial charge in [0, 0.05) is 19.0 Å². The number of sulfone groups is 1. The molecule has 1 heterocycles. The number of carbonyl (C=O) groups excluding carboxylic acids is 1. The lowest BCUT2D eigenvalue weighted by Gasteiger charge is -2.27. The second-order valence-corrected chi connectivity index (χ2v) is 8.14. The molecule has 1 aliphatic rings. The number of hydrogen-bond donors (Lipinski definition) is 0. The molecule has 2 rings (SSSR count). The van der Waals surface area contributed by atoms with Gasteiger partial charge in [-0.25, -0.2) is 8.42 Å². The van der Waals surface area contributed by atoms with Gasteiger partial charge in [0.25, 0.3) is 0 Å². The number of amides is 1. The first-order chi connectivity index (χ1) is 10.4. The van der Waals surface area contributed by atoms with E-state index >= 15 is 0 Å². The van der Waals surface area contributed by atoms with E-state index in [1.807, 2.05) is 6.92 Å². The Morgan fingerprint density at radius 3 is 2.32 bits per heavy atom. The Labute approximate surface area is 133 Å². The second-order valence-electron chi connectivity index (χ2n) is 5.91. The van der Waals surface area contributed by atoms with Crippen molar-refractivity contribution in [3.8, 4) is 0 Å².